The number of carbonyl (C=O) groups is 1. The normalized spacial score (nSPS) is 14.0. The van der Waals surface area contributed by atoms with Crippen molar-refractivity contribution < 1.29 is 22.7 Å². The van der Waals surface area contributed by atoms with Crippen LogP contribution in [0.1, 0.15) is 23.2 Å². The lowest BCUT2D eigenvalue weighted by Crippen LogP contribution is -2.28. The van der Waals surface area contributed by atoms with Crippen molar-refractivity contribution >= 4 is 56.4 Å². The number of rotatable bonds is 6. The summed E-state index contributed by atoms with van der Waals surface area (Å²) in [6.45, 7) is 1.19. The molecule has 0 unspecified atom stereocenters. The van der Waals surface area contributed by atoms with E-state index in [1.165, 1.54) is 38.5 Å². The molecule has 1 amide bonds. The molecule has 3 rings (SSSR count). The number of methoxy groups -OCH3 is 2. The summed E-state index contributed by atoms with van der Waals surface area (Å²) in [6.07, 6.45) is 1.78. The maximum atomic E-state index is 13.1. The molecular formula is C19H19Cl3N2O5S. The Morgan fingerprint density at radius 2 is 1.57 bits per heavy atom. The topological polar surface area (TPSA) is 84.9 Å². The van der Waals surface area contributed by atoms with E-state index in [0.29, 0.717) is 18.8 Å². The number of amides is 1. The second-order valence-electron chi connectivity index (χ2n) is 6.55. The molecule has 0 spiro atoms. The van der Waals surface area contributed by atoms with E-state index in [1.807, 2.05) is 0 Å². The summed E-state index contributed by atoms with van der Waals surface area (Å²) in [5, 5.41) is 0.146. The third-order valence-electron chi connectivity index (χ3n) is 4.65. The number of nitrogens with zero attached hydrogens (tertiary/aromatic N) is 1. The van der Waals surface area contributed by atoms with E-state index in [9.17, 15) is 13.2 Å². The summed E-state index contributed by atoms with van der Waals surface area (Å²) < 4.78 is 38.9. The van der Waals surface area contributed by atoms with Crippen LogP contribution in [0.2, 0.25) is 15.1 Å². The molecular weight excluding hydrogens is 475 g/mol. The van der Waals surface area contributed by atoms with Crippen molar-refractivity contribution in [1.29, 1.82) is 0 Å². The summed E-state index contributed by atoms with van der Waals surface area (Å²) in [7, 11) is -1.39. The maximum Gasteiger partial charge on any atom is 0.263 e. The van der Waals surface area contributed by atoms with E-state index >= 15 is 0 Å². The van der Waals surface area contributed by atoms with Gasteiger partial charge in [0, 0.05) is 19.2 Å². The van der Waals surface area contributed by atoms with Crippen LogP contribution in [0.3, 0.4) is 0 Å². The van der Waals surface area contributed by atoms with Gasteiger partial charge in [0.1, 0.15) is 16.4 Å². The number of carbonyl (C=O) groups excluding carboxylic acids is 1. The zero-order valence-corrected chi connectivity index (χ0v) is 19.3. The Morgan fingerprint density at radius 1 is 0.933 bits per heavy atom. The van der Waals surface area contributed by atoms with Gasteiger partial charge in [-0.3, -0.25) is 9.52 Å². The highest BCUT2D eigenvalue weighted by Gasteiger charge is 2.27. The molecule has 0 bridgehead atoms. The van der Waals surface area contributed by atoms with Crippen LogP contribution < -0.4 is 14.2 Å². The molecule has 7 nitrogen and oxygen atoms in total. The van der Waals surface area contributed by atoms with Crippen LogP contribution in [0, 0.1) is 0 Å². The number of anilines is 1. The maximum absolute atomic E-state index is 13.1. The van der Waals surface area contributed by atoms with Crippen molar-refractivity contribution in [2.24, 2.45) is 0 Å². The number of benzene rings is 2. The highest BCUT2D eigenvalue weighted by atomic mass is 35.5. The molecule has 0 aromatic heterocycles. The molecule has 2 aromatic rings. The van der Waals surface area contributed by atoms with Crippen molar-refractivity contribution in [3.05, 3.63) is 44.9 Å². The monoisotopic (exact) mass is 492 g/mol. The van der Waals surface area contributed by atoms with E-state index in [0.717, 1.165) is 12.8 Å². The smallest absolute Gasteiger partial charge is 0.263 e. The van der Waals surface area contributed by atoms with Gasteiger partial charge in [-0.05, 0) is 31.0 Å². The van der Waals surface area contributed by atoms with Gasteiger partial charge in [0.2, 0.25) is 0 Å². The highest BCUT2D eigenvalue weighted by molar-refractivity contribution is 7.92. The number of likely N-dealkylation sites (tertiary alicyclic amines) is 1. The van der Waals surface area contributed by atoms with Gasteiger partial charge in [-0.1, -0.05) is 34.8 Å². The minimum atomic E-state index is -4.20. The molecule has 0 atom stereocenters. The average Bonchev–Trinajstić information content (AvgIpc) is 3.22. The van der Waals surface area contributed by atoms with E-state index in [1.54, 1.807) is 4.90 Å². The van der Waals surface area contributed by atoms with Crippen LogP contribution in [0.5, 0.6) is 11.5 Å². The fraction of sp³-hybridized carbons (Fsp3) is 0.316. The average molecular weight is 494 g/mol. The molecule has 1 heterocycles. The molecule has 1 aliphatic rings. The first-order valence-corrected chi connectivity index (χ1v) is 11.5. The molecule has 1 N–H and O–H groups in total. The standard InChI is InChI=1S/C19H19Cl3N2O5S/c1-28-16-10-17(29-2)15(9-13(16)21)23-30(26,27)18-7-11(12(20)8-14(18)22)19(25)24-5-3-4-6-24/h7-10,23H,3-6H2,1-2H3. The van der Waals surface area contributed by atoms with Crippen molar-refractivity contribution in [2.45, 2.75) is 17.7 Å². The van der Waals surface area contributed by atoms with E-state index in [2.05, 4.69) is 4.72 Å². The SMILES string of the molecule is COc1cc(OC)c(NS(=O)(=O)c2cc(C(=O)N3CCCC3)c(Cl)cc2Cl)cc1Cl. The van der Waals surface area contributed by atoms with Crippen LogP contribution in [0.15, 0.2) is 29.2 Å². The number of halogens is 3. The quantitative estimate of drug-likeness (QED) is 0.630. The minimum Gasteiger partial charge on any atom is -0.495 e. The Hall–Kier alpha value is -1.87. The van der Waals surface area contributed by atoms with Gasteiger partial charge in [-0.15, -0.1) is 0 Å². The van der Waals surface area contributed by atoms with Crippen LogP contribution in [-0.4, -0.2) is 46.5 Å². The third-order valence-corrected chi connectivity index (χ3v) is 7.09. The van der Waals surface area contributed by atoms with Crippen LogP contribution in [0.25, 0.3) is 0 Å². The lowest BCUT2D eigenvalue weighted by Gasteiger charge is -2.18. The molecule has 1 aliphatic heterocycles. The number of hydrogen-bond donors (Lipinski definition) is 1. The van der Waals surface area contributed by atoms with Crippen LogP contribution >= 0.6 is 34.8 Å². The number of ether oxygens (including phenoxy) is 2. The Bertz CT molecular complexity index is 1090. The van der Waals surface area contributed by atoms with Crippen LogP contribution in [-0.2, 0) is 10.0 Å². The fourth-order valence-electron chi connectivity index (χ4n) is 3.13. The second kappa shape index (κ2) is 9.09. The Labute approximate surface area is 189 Å². The van der Waals surface area contributed by atoms with E-state index < -0.39 is 10.0 Å². The van der Waals surface area contributed by atoms with Gasteiger partial charge in [0.15, 0.2) is 0 Å². The summed E-state index contributed by atoms with van der Waals surface area (Å²) >= 11 is 18.5. The summed E-state index contributed by atoms with van der Waals surface area (Å²) in [6, 6.07) is 5.24. The first-order chi connectivity index (χ1) is 14.2. The van der Waals surface area contributed by atoms with Gasteiger partial charge in [-0.25, -0.2) is 8.42 Å². The van der Waals surface area contributed by atoms with Crippen molar-refractivity contribution in [3.63, 3.8) is 0 Å². The van der Waals surface area contributed by atoms with Crippen molar-refractivity contribution in [3.8, 4) is 11.5 Å². The summed E-state index contributed by atoms with van der Waals surface area (Å²) in [5.74, 6) is 0.174. The third kappa shape index (κ3) is 4.56. The summed E-state index contributed by atoms with van der Waals surface area (Å²) in [4.78, 5) is 14.1. The predicted molar refractivity (Wildman–Crippen MR) is 117 cm³/mol. The molecule has 162 valence electrons. The highest BCUT2D eigenvalue weighted by Crippen LogP contribution is 2.38. The van der Waals surface area contributed by atoms with Crippen LogP contribution in [0.4, 0.5) is 5.69 Å². The van der Waals surface area contributed by atoms with Crippen molar-refractivity contribution in [2.75, 3.05) is 32.0 Å². The number of sulfonamides is 1. The van der Waals surface area contributed by atoms with Gasteiger partial charge >= 0.3 is 0 Å². The lowest BCUT2D eigenvalue weighted by atomic mass is 10.2. The number of nitrogens with one attached hydrogen (secondary N) is 1. The molecule has 0 radical (unpaired) electrons. The first kappa shape index (κ1) is 22.8. The van der Waals surface area contributed by atoms with Gasteiger partial charge in [-0.2, -0.15) is 0 Å². The lowest BCUT2D eigenvalue weighted by molar-refractivity contribution is 0.0792. The zero-order valence-electron chi connectivity index (χ0n) is 16.2. The number of hydrogen-bond acceptors (Lipinski definition) is 5. The summed E-state index contributed by atoms with van der Waals surface area (Å²) in [5.41, 5.74) is 0.157. The molecule has 1 fully saturated rings. The van der Waals surface area contributed by atoms with Crippen molar-refractivity contribution in [1.82, 2.24) is 4.90 Å². The van der Waals surface area contributed by atoms with Gasteiger partial charge < -0.3 is 14.4 Å². The molecule has 0 aliphatic carbocycles. The van der Waals surface area contributed by atoms with E-state index in [4.69, 9.17) is 44.3 Å². The predicted octanol–water partition coefficient (Wildman–Crippen LogP) is 4.70. The molecule has 1 saturated heterocycles. The fourth-order valence-corrected chi connectivity index (χ4v) is 5.29. The Kier molecular flexibility index (Phi) is 6.91. The molecule has 11 heteroatoms. The Morgan fingerprint density at radius 3 is 2.17 bits per heavy atom. The van der Waals surface area contributed by atoms with E-state index in [-0.39, 0.29) is 42.9 Å². The second-order valence-corrected chi connectivity index (χ2v) is 9.43. The largest absolute Gasteiger partial charge is 0.495 e. The molecule has 2 aromatic carbocycles. The molecule has 0 saturated carbocycles. The van der Waals surface area contributed by atoms with Gasteiger partial charge in [0.05, 0.1) is 40.5 Å². The zero-order chi connectivity index (χ0) is 22.1. The molecule has 30 heavy (non-hydrogen) atoms. The van der Waals surface area contributed by atoms with Gasteiger partial charge in [0.25, 0.3) is 15.9 Å². The first-order valence-electron chi connectivity index (χ1n) is 8.90. The Balaban J connectivity index is 2.01. The minimum absolute atomic E-state index is 0.0723.